The second-order valence-corrected chi connectivity index (χ2v) is 11.4. The van der Waals surface area contributed by atoms with Crippen molar-refractivity contribution < 1.29 is 9.53 Å². The van der Waals surface area contributed by atoms with Gasteiger partial charge in [0, 0.05) is 0 Å². The Balaban J connectivity index is 0. The van der Waals surface area contributed by atoms with Gasteiger partial charge in [-0.15, -0.1) is 0 Å². The third-order valence-corrected chi connectivity index (χ3v) is 8.01. The normalized spacial score (nSPS) is 12.4. The minimum Gasteiger partial charge on any atom is -0.459 e. The van der Waals surface area contributed by atoms with Crippen LogP contribution in [0.25, 0.3) is 0 Å². The molecule has 0 rings (SSSR count). The fourth-order valence-corrected chi connectivity index (χ4v) is 5.45. The van der Waals surface area contributed by atoms with Crippen molar-refractivity contribution in [1.82, 2.24) is 6.15 Å². The molecule has 0 spiro atoms. The maximum absolute atomic E-state index is 13.4. The SMILES string of the molecule is CCCCCCCCC(CCCCCCCC)(CCCCCCCC)OC(=O)C(CC)CCCC.N. The van der Waals surface area contributed by atoms with Crippen molar-refractivity contribution in [3.8, 4) is 0 Å². The van der Waals surface area contributed by atoms with Crippen LogP contribution in [-0.4, -0.2) is 11.6 Å². The van der Waals surface area contributed by atoms with Crippen LogP contribution in [0.1, 0.15) is 195 Å². The second-order valence-electron chi connectivity index (χ2n) is 11.4. The number of unbranched alkanes of at least 4 members (excludes halogenated alkanes) is 16. The molecule has 0 amide bonds. The summed E-state index contributed by atoms with van der Waals surface area (Å²) in [6.45, 7) is 11.2. The molecule has 3 heteroatoms. The highest BCUT2D eigenvalue weighted by atomic mass is 16.6. The molecule has 0 aliphatic heterocycles. The van der Waals surface area contributed by atoms with Crippen LogP contribution < -0.4 is 6.15 Å². The van der Waals surface area contributed by atoms with E-state index in [4.69, 9.17) is 4.74 Å². The molecule has 0 heterocycles. The number of rotatable bonds is 27. The van der Waals surface area contributed by atoms with Gasteiger partial charge in [-0.2, -0.15) is 0 Å². The highest BCUT2D eigenvalue weighted by Crippen LogP contribution is 2.34. The lowest BCUT2D eigenvalue weighted by Gasteiger charge is -2.36. The Morgan fingerprint density at radius 3 is 1.19 bits per heavy atom. The van der Waals surface area contributed by atoms with Crippen molar-refractivity contribution in [2.24, 2.45) is 5.92 Å². The minimum absolute atomic E-state index is 0. The molecule has 0 fully saturated rings. The zero-order chi connectivity index (χ0) is 26.0. The van der Waals surface area contributed by atoms with E-state index in [9.17, 15) is 4.79 Å². The van der Waals surface area contributed by atoms with E-state index in [0.29, 0.717) is 0 Å². The van der Waals surface area contributed by atoms with Crippen LogP contribution in [-0.2, 0) is 9.53 Å². The number of ether oxygens (including phenoxy) is 1. The molecular formula is C33H69NO2. The first kappa shape index (κ1) is 37.6. The van der Waals surface area contributed by atoms with Gasteiger partial charge in [0.1, 0.15) is 5.60 Å². The van der Waals surface area contributed by atoms with Crippen molar-refractivity contribution in [3.63, 3.8) is 0 Å². The molecule has 1 unspecified atom stereocenters. The Bertz CT molecular complexity index is 410. The van der Waals surface area contributed by atoms with Crippen LogP contribution in [0.2, 0.25) is 0 Å². The van der Waals surface area contributed by atoms with Crippen LogP contribution in [0.4, 0.5) is 0 Å². The lowest BCUT2D eigenvalue weighted by molar-refractivity contribution is -0.168. The third-order valence-electron chi connectivity index (χ3n) is 8.01. The van der Waals surface area contributed by atoms with E-state index >= 15 is 0 Å². The van der Waals surface area contributed by atoms with E-state index in [1.807, 2.05) is 0 Å². The molecule has 218 valence electrons. The first-order chi connectivity index (χ1) is 17.1. The van der Waals surface area contributed by atoms with E-state index < -0.39 is 0 Å². The molecule has 0 aromatic heterocycles. The Morgan fingerprint density at radius 2 is 0.861 bits per heavy atom. The van der Waals surface area contributed by atoms with Crippen LogP contribution in [0.15, 0.2) is 0 Å². The number of hydrogen-bond acceptors (Lipinski definition) is 3. The van der Waals surface area contributed by atoms with Gasteiger partial charge in [0.2, 0.25) is 0 Å². The largest absolute Gasteiger partial charge is 0.459 e. The first-order valence-corrected chi connectivity index (χ1v) is 16.3. The van der Waals surface area contributed by atoms with Gasteiger partial charge in [-0.25, -0.2) is 0 Å². The van der Waals surface area contributed by atoms with Gasteiger partial charge in [0.25, 0.3) is 0 Å². The van der Waals surface area contributed by atoms with Gasteiger partial charge in [-0.3, -0.25) is 4.79 Å². The minimum atomic E-state index is -0.211. The molecule has 0 saturated heterocycles. The standard InChI is InChI=1S/C33H66O2.H3N/c1-6-11-15-18-21-24-28-33(29-25-22-19-16-12-7-2,30-26-23-20-17-13-8-3)35-32(34)31(10-5)27-14-9-4;/h31H,6-30H2,1-5H3;1H3. The predicted molar refractivity (Wildman–Crippen MR) is 161 cm³/mol. The number of carbonyl (C=O) groups is 1. The summed E-state index contributed by atoms with van der Waals surface area (Å²) in [7, 11) is 0. The lowest BCUT2D eigenvalue weighted by Crippen LogP contribution is -2.37. The number of esters is 1. The fraction of sp³-hybridized carbons (Fsp3) is 0.970. The summed E-state index contributed by atoms with van der Waals surface area (Å²) in [5, 5.41) is 0. The van der Waals surface area contributed by atoms with E-state index in [0.717, 1.165) is 44.9 Å². The van der Waals surface area contributed by atoms with Crippen LogP contribution in [0.3, 0.4) is 0 Å². The smallest absolute Gasteiger partial charge is 0.309 e. The summed E-state index contributed by atoms with van der Waals surface area (Å²) in [6.07, 6.45) is 31.0. The molecule has 1 atom stereocenters. The first-order valence-electron chi connectivity index (χ1n) is 16.3. The van der Waals surface area contributed by atoms with Crippen molar-refractivity contribution in [1.29, 1.82) is 0 Å². The van der Waals surface area contributed by atoms with E-state index in [2.05, 4.69) is 34.6 Å². The summed E-state index contributed by atoms with van der Waals surface area (Å²) in [5.41, 5.74) is -0.211. The lowest BCUT2D eigenvalue weighted by atomic mass is 9.84. The van der Waals surface area contributed by atoms with Crippen LogP contribution in [0, 0.1) is 5.92 Å². The van der Waals surface area contributed by atoms with E-state index in [1.54, 1.807) is 0 Å². The Hall–Kier alpha value is -0.570. The third kappa shape index (κ3) is 20.5. The summed E-state index contributed by atoms with van der Waals surface area (Å²) in [4.78, 5) is 13.4. The summed E-state index contributed by atoms with van der Waals surface area (Å²) >= 11 is 0. The zero-order valence-electron chi connectivity index (χ0n) is 25.8. The van der Waals surface area contributed by atoms with E-state index in [1.165, 1.54) is 116 Å². The molecule has 36 heavy (non-hydrogen) atoms. The van der Waals surface area contributed by atoms with Gasteiger partial charge in [-0.1, -0.05) is 144 Å². The second kappa shape index (κ2) is 27.5. The average Bonchev–Trinajstić information content (AvgIpc) is 2.86. The Labute approximate surface area is 228 Å². The summed E-state index contributed by atoms with van der Waals surface area (Å²) in [6, 6.07) is 0. The molecular weight excluding hydrogens is 442 g/mol. The van der Waals surface area contributed by atoms with Crippen molar-refractivity contribution in [3.05, 3.63) is 0 Å². The van der Waals surface area contributed by atoms with E-state index in [-0.39, 0.29) is 23.6 Å². The van der Waals surface area contributed by atoms with Gasteiger partial charge >= 0.3 is 5.97 Å². The fourth-order valence-electron chi connectivity index (χ4n) is 5.45. The van der Waals surface area contributed by atoms with Crippen LogP contribution in [0.5, 0.6) is 0 Å². The molecule has 0 aliphatic rings. The molecule has 0 aromatic carbocycles. The van der Waals surface area contributed by atoms with Crippen molar-refractivity contribution >= 4 is 5.97 Å². The summed E-state index contributed by atoms with van der Waals surface area (Å²) < 4.78 is 6.63. The Morgan fingerprint density at radius 1 is 0.528 bits per heavy atom. The monoisotopic (exact) mass is 512 g/mol. The molecule has 0 radical (unpaired) electrons. The van der Waals surface area contributed by atoms with Gasteiger partial charge in [-0.05, 0) is 51.4 Å². The maximum atomic E-state index is 13.4. The maximum Gasteiger partial charge on any atom is 0.309 e. The molecule has 0 aromatic rings. The van der Waals surface area contributed by atoms with Gasteiger partial charge in [0.05, 0.1) is 5.92 Å². The highest BCUT2D eigenvalue weighted by molar-refractivity contribution is 5.72. The molecule has 3 nitrogen and oxygen atoms in total. The quantitative estimate of drug-likeness (QED) is 0.0880. The topological polar surface area (TPSA) is 61.3 Å². The molecule has 3 N–H and O–H groups in total. The predicted octanol–water partition coefficient (Wildman–Crippen LogP) is 11.9. The number of hydrogen-bond donors (Lipinski definition) is 1. The highest BCUT2D eigenvalue weighted by Gasteiger charge is 2.34. The van der Waals surface area contributed by atoms with Crippen molar-refractivity contribution in [2.45, 2.75) is 201 Å². The van der Waals surface area contributed by atoms with Crippen molar-refractivity contribution in [2.75, 3.05) is 0 Å². The molecule has 0 saturated carbocycles. The zero-order valence-corrected chi connectivity index (χ0v) is 25.8. The van der Waals surface area contributed by atoms with Gasteiger partial charge < -0.3 is 10.9 Å². The average molecular weight is 512 g/mol. The van der Waals surface area contributed by atoms with Gasteiger partial charge in [0.15, 0.2) is 0 Å². The molecule has 0 aliphatic carbocycles. The summed E-state index contributed by atoms with van der Waals surface area (Å²) in [5.74, 6) is 0.205. The number of carbonyl (C=O) groups excluding carboxylic acids is 1. The van der Waals surface area contributed by atoms with Crippen LogP contribution >= 0.6 is 0 Å². The molecule has 0 bridgehead atoms. The Kier molecular flexibility index (Phi) is 28.7.